The summed E-state index contributed by atoms with van der Waals surface area (Å²) in [7, 11) is -0.611. The summed E-state index contributed by atoms with van der Waals surface area (Å²) in [6.07, 6.45) is 14.6. The van der Waals surface area contributed by atoms with Gasteiger partial charge in [-0.2, -0.15) is 0 Å². The topological polar surface area (TPSA) is 65.7 Å². The summed E-state index contributed by atoms with van der Waals surface area (Å²) in [6, 6.07) is 20.6. The van der Waals surface area contributed by atoms with Gasteiger partial charge < -0.3 is 9.30 Å². The summed E-state index contributed by atoms with van der Waals surface area (Å²) >= 11 is 0. The lowest BCUT2D eigenvalue weighted by Crippen LogP contribution is -2.10. The Morgan fingerprint density at radius 1 is 0.811 bits per heavy atom. The molecule has 0 aliphatic rings. The lowest BCUT2D eigenvalue weighted by molar-refractivity contribution is 0.0924. The maximum absolute atomic E-state index is 6.13. The fraction of sp³-hybridized carbons (Fsp3) is 0.200. The van der Waals surface area contributed by atoms with E-state index in [2.05, 4.69) is 75.9 Å². The van der Waals surface area contributed by atoms with Crippen molar-refractivity contribution in [3.63, 3.8) is 0 Å². The van der Waals surface area contributed by atoms with Gasteiger partial charge in [-0.1, -0.05) is 18.2 Å². The Hall–Kier alpha value is -3.81. The molecule has 6 aromatic rings. The number of aromatic nitrogens is 5. The Balaban J connectivity index is 1.43. The van der Waals surface area contributed by atoms with Crippen LogP contribution in [0.5, 0.6) is 0 Å². The van der Waals surface area contributed by atoms with Crippen molar-refractivity contribution in [2.24, 2.45) is 0 Å². The molecule has 0 saturated heterocycles. The number of hydrogen-bond donors (Lipinski definition) is 0. The van der Waals surface area contributed by atoms with E-state index in [-0.39, 0.29) is 0 Å². The molecule has 0 aliphatic carbocycles. The molecule has 4 aromatic heterocycles. The average molecular weight is 508 g/mol. The van der Waals surface area contributed by atoms with E-state index in [1.54, 1.807) is 0 Å². The molecular weight excluding hydrogens is 478 g/mol. The molecular formula is C30H29N5OS. The Bertz CT molecular complexity index is 1740. The summed E-state index contributed by atoms with van der Waals surface area (Å²) in [6.45, 7) is 1.17. The molecule has 186 valence electrons. The van der Waals surface area contributed by atoms with Crippen LogP contribution in [-0.2, 0) is 11.5 Å². The lowest BCUT2D eigenvalue weighted by atomic mass is 10.0. The van der Waals surface area contributed by atoms with Crippen LogP contribution >= 0.6 is 10.0 Å². The minimum Gasteiger partial charge on any atom is -0.360 e. The largest absolute Gasteiger partial charge is 0.360 e. The monoisotopic (exact) mass is 507 g/mol. The highest BCUT2D eigenvalue weighted by Gasteiger charge is 2.15. The van der Waals surface area contributed by atoms with E-state index in [0.29, 0.717) is 12.6 Å². The zero-order valence-electron chi connectivity index (χ0n) is 21.3. The smallest absolute Gasteiger partial charge is 0.161 e. The van der Waals surface area contributed by atoms with Gasteiger partial charge >= 0.3 is 0 Å². The van der Waals surface area contributed by atoms with Crippen LogP contribution in [-0.4, -0.2) is 55.6 Å². The molecule has 0 radical (unpaired) electrons. The van der Waals surface area contributed by atoms with Crippen LogP contribution in [0.25, 0.3) is 55.4 Å². The molecule has 0 aliphatic heterocycles. The first-order valence-electron chi connectivity index (χ1n) is 12.2. The molecule has 7 heteroatoms. The van der Waals surface area contributed by atoms with Gasteiger partial charge in [0.2, 0.25) is 0 Å². The molecule has 0 N–H and O–H groups in total. The van der Waals surface area contributed by atoms with Gasteiger partial charge in [0.25, 0.3) is 0 Å². The summed E-state index contributed by atoms with van der Waals surface area (Å²) in [5.41, 5.74) is 5.95. The van der Waals surface area contributed by atoms with Gasteiger partial charge in [-0.3, -0.25) is 9.97 Å². The molecule has 0 spiro atoms. The minimum absolute atomic E-state index is 0.444. The molecule has 0 saturated carbocycles. The van der Waals surface area contributed by atoms with Crippen molar-refractivity contribution >= 4 is 42.9 Å². The second-order valence-electron chi connectivity index (χ2n) is 10.1. The van der Waals surface area contributed by atoms with E-state index in [4.69, 9.17) is 14.7 Å². The number of rotatable bonds is 7. The zero-order valence-corrected chi connectivity index (χ0v) is 22.1. The second-order valence-corrected chi connectivity index (χ2v) is 14.7. The third-order valence-electron chi connectivity index (χ3n) is 6.46. The normalized spacial score (nSPS) is 12.5. The standard InChI is InChI=1S/C30H29N5OS/c1-37(2,3)15-14-36-20-35-19-26(21-8-10-27-22(16-21)6-4-12-31-27)25-18-33-29(34-30(25)35)24-9-11-28-23(17-24)7-5-13-32-28/h4-13,16-19H,14-15,20H2,1-3H3. The number of nitrogens with zero attached hydrogens (tertiary/aromatic N) is 5. The van der Waals surface area contributed by atoms with Crippen LogP contribution in [0.2, 0.25) is 0 Å². The Labute approximate surface area is 217 Å². The first kappa shape index (κ1) is 23.6. The van der Waals surface area contributed by atoms with Crippen LogP contribution in [0.3, 0.4) is 0 Å². The minimum atomic E-state index is -0.611. The number of ether oxygens (including phenoxy) is 1. The Kier molecular flexibility index (Phi) is 6.10. The maximum atomic E-state index is 6.13. The van der Waals surface area contributed by atoms with Gasteiger partial charge in [0.15, 0.2) is 5.82 Å². The van der Waals surface area contributed by atoms with Crippen LogP contribution in [0, 0.1) is 0 Å². The molecule has 0 atom stereocenters. The number of benzene rings is 2. The van der Waals surface area contributed by atoms with Crippen molar-refractivity contribution in [1.82, 2.24) is 24.5 Å². The number of pyridine rings is 2. The molecule has 2 aromatic carbocycles. The fourth-order valence-electron chi connectivity index (χ4n) is 4.47. The van der Waals surface area contributed by atoms with Crippen LogP contribution in [0.4, 0.5) is 0 Å². The van der Waals surface area contributed by atoms with Gasteiger partial charge in [0, 0.05) is 57.8 Å². The van der Waals surface area contributed by atoms with Crippen molar-refractivity contribution < 1.29 is 4.74 Å². The van der Waals surface area contributed by atoms with Crippen LogP contribution < -0.4 is 0 Å². The van der Waals surface area contributed by atoms with E-state index in [1.165, 1.54) is 0 Å². The number of fused-ring (bicyclic) bond motifs is 3. The highest BCUT2D eigenvalue weighted by Crippen LogP contribution is 2.34. The SMILES string of the molecule is CS(C)(C)CCOCn1cc(-c2ccc3ncccc3c2)c2cnc(-c3ccc4ncccc4c3)nc21. The van der Waals surface area contributed by atoms with Gasteiger partial charge in [0.05, 0.1) is 17.6 Å². The van der Waals surface area contributed by atoms with Crippen LogP contribution in [0.15, 0.2) is 85.5 Å². The molecule has 0 unspecified atom stereocenters. The summed E-state index contributed by atoms with van der Waals surface area (Å²) < 4.78 is 8.23. The summed E-state index contributed by atoms with van der Waals surface area (Å²) in [5.74, 6) is 1.76. The van der Waals surface area contributed by atoms with Crippen molar-refractivity contribution in [2.75, 3.05) is 31.1 Å². The predicted octanol–water partition coefficient (Wildman–Crippen LogP) is 6.53. The molecule has 0 amide bonds. The molecule has 0 bridgehead atoms. The van der Waals surface area contributed by atoms with Crippen molar-refractivity contribution in [3.8, 4) is 22.5 Å². The maximum Gasteiger partial charge on any atom is 0.161 e. The summed E-state index contributed by atoms with van der Waals surface area (Å²) in [4.78, 5) is 18.7. The van der Waals surface area contributed by atoms with E-state index in [1.807, 2.05) is 42.9 Å². The predicted molar refractivity (Wildman–Crippen MR) is 155 cm³/mol. The first-order valence-corrected chi connectivity index (χ1v) is 15.3. The average Bonchev–Trinajstić information content (AvgIpc) is 3.28. The van der Waals surface area contributed by atoms with E-state index in [0.717, 1.165) is 61.9 Å². The summed E-state index contributed by atoms with van der Waals surface area (Å²) in [5, 5.41) is 3.17. The van der Waals surface area contributed by atoms with Crippen molar-refractivity contribution in [1.29, 1.82) is 0 Å². The van der Waals surface area contributed by atoms with Gasteiger partial charge in [-0.05, 0) is 66.8 Å². The molecule has 6 rings (SSSR count). The molecule has 37 heavy (non-hydrogen) atoms. The van der Waals surface area contributed by atoms with Gasteiger partial charge in [0.1, 0.15) is 12.4 Å². The Morgan fingerprint density at radius 3 is 2.19 bits per heavy atom. The first-order chi connectivity index (χ1) is 17.9. The quantitative estimate of drug-likeness (QED) is 0.230. The zero-order chi connectivity index (χ0) is 25.4. The van der Waals surface area contributed by atoms with Crippen molar-refractivity contribution in [3.05, 3.63) is 85.5 Å². The highest BCUT2D eigenvalue weighted by molar-refractivity contribution is 8.32. The Morgan fingerprint density at radius 2 is 1.49 bits per heavy atom. The van der Waals surface area contributed by atoms with E-state index in [9.17, 15) is 0 Å². The highest BCUT2D eigenvalue weighted by atomic mass is 32.3. The van der Waals surface area contributed by atoms with Gasteiger partial charge in [-0.25, -0.2) is 20.0 Å². The molecule has 0 fully saturated rings. The van der Waals surface area contributed by atoms with E-state index >= 15 is 0 Å². The lowest BCUT2D eigenvalue weighted by Gasteiger charge is -2.24. The van der Waals surface area contributed by atoms with Gasteiger partial charge in [-0.15, -0.1) is 0 Å². The third-order valence-corrected chi connectivity index (χ3v) is 7.85. The molecule has 4 heterocycles. The molecule has 6 nitrogen and oxygen atoms in total. The second kappa shape index (κ2) is 9.57. The fourth-order valence-corrected chi connectivity index (χ4v) is 5.08. The van der Waals surface area contributed by atoms with E-state index < -0.39 is 10.0 Å². The van der Waals surface area contributed by atoms with Crippen LogP contribution in [0.1, 0.15) is 0 Å². The third kappa shape index (κ3) is 4.92. The van der Waals surface area contributed by atoms with Crippen molar-refractivity contribution in [2.45, 2.75) is 6.73 Å². The number of hydrogen-bond acceptors (Lipinski definition) is 5.